The smallest absolute Gasteiger partial charge is 0.0317 e. The maximum absolute atomic E-state index is 3.52. The van der Waals surface area contributed by atoms with Gasteiger partial charge in [-0.2, -0.15) is 0 Å². The zero-order valence-corrected chi connectivity index (χ0v) is 10.7. The molecule has 14 heavy (non-hydrogen) atoms. The van der Waals surface area contributed by atoms with E-state index >= 15 is 0 Å². The number of halogens is 1. The molecule has 78 valence electrons. The van der Waals surface area contributed by atoms with Crippen molar-refractivity contribution in [2.24, 2.45) is 0 Å². The molecule has 1 nitrogen and oxygen atoms in total. The predicted octanol–water partition coefficient (Wildman–Crippen LogP) is 3.82. The minimum Gasteiger partial charge on any atom is -0.313 e. The van der Waals surface area contributed by atoms with Crippen LogP contribution in [0.2, 0.25) is 0 Å². The van der Waals surface area contributed by atoms with E-state index in [4.69, 9.17) is 0 Å². The van der Waals surface area contributed by atoms with Crippen LogP contribution in [0.1, 0.15) is 36.9 Å². The third kappa shape index (κ3) is 2.82. The van der Waals surface area contributed by atoms with Crippen molar-refractivity contribution in [3.8, 4) is 0 Å². The van der Waals surface area contributed by atoms with Gasteiger partial charge in [0.2, 0.25) is 0 Å². The van der Waals surface area contributed by atoms with E-state index in [0.717, 1.165) is 0 Å². The highest BCUT2D eigenvalue weighted by Gasteiger charge is 2.08. The van der Waals surface area contributed by atoms with E-state index in [0.29, 0.717) is 6.04 Å². The van der Waals surface area contributed by atoms with Gasteiger partial charge in [-0.3, -0.25) is 0 Å². The van der Waals surface area contributed by atoms with Crippen LogP contribution in [0, 0.1) is 6.92 Å². The Kier molecular flexibility index (Phi) is 4.63. The summed E-state index contributed by atoms with van der Waals surface area (Å²) in [5, 5.41) is 3.35. The zero-order valence-electron chi connectivity index (χ0n) is 9.10. The van der Waals surface area contributed by atoms with Crippen LogP contribution in [0.4, 0.5) is 0 Å². The van der Waals surface area contributed by atoms with Crippen LogP contribution in [0.5, 0.6) is 0 Å². The fraction of sp³-hybridized carbons (Fsp3) is 0.500. The van der Waals surface area contributed by atoms with Crippen molar-refractivity contribution in [1.82, 2.24) is 5.32 Å². The number of hydrogen-bond acceptors (Lipinski definition) is 1. The number of rotatable bonds is 4. The highest BCUT2D eigenvalue weighted by atomic mass is 79.9. The summed E-state index contributed by atoms with van der Waals surface area (Å²) in [7, 11) is 2.03. The Balaban J connectivity index is 2.88. The van der Waals surface area contributed by atoms with E-state index in [1.165, 1.54) is 28.4 Å². The maximum atomic E-state index is 3.52. The number of aryl methyl sites for hydroxylation is 1. The zero-order chi connectivity index (χ0) is 10.6. The van der Waals surface area contributed by atoms with Gasteiger partial charge in [0.1, 0.15) is 0 Å². The summed E-state index contributed by atoms with van der Waals surface area (Å²) in [5.41, 5.74) is 2.69. The van der Waals surface area contributed by atoms with Gasteiger partial charge < -0.3 is 5.32 Å². The standard InChI is InChI=1S/C12H18BrN/c1-4-5-12(14-3)10-6-7-11(13)9(2)8-10/h6-8,12,14H,4-5H2,1-3H3. The molecule has 1 unspecified atom stereocenters. The van der Waals surface area contributed by atoms with Gasteiger partial charge in [0.25, 0.3) is 0 Å². The fourth-order valence-corrected chi connectivity index (χ4v) is 1.90. The van der Waals surface area contributed by atoms with Gasteiger partial charge >= 0.3 is 0 Å². The molecule has 1 aromatic carbocycles. The van der Waals surface area contributed by atoms with Gasteiger partial charge in [-0.15, -0.1) is 0 Å². The van der Waals surface area contributed by atoms with E-state index in [1.807, 2.05) is 7.05 Å². The molecule has 0 aliphatic heterocycles. The largest absolute Gasteiger partial charge is 0.313 e. The molecule has 1 aromatic rings. The van der Waals surface area contributed by atoms with Crippen molar-refractivity contribution >= 4 is 15.9 Å². The summed E-state index contributed by atoms with van der Waals surface area (Å²) >= 11 is 3.52. The molecule has 0 aliphatic carbocycles. The Morgan fingerprint density at radius 1 is 1.43 bits per heavy atom. The molecule has 1 N–H and O–H groups in total. The lowest BCUT2D eigenvalue weighted by molar-refractivity contribution is 0.541. The monoisotopic (exact) mass is 255 g/mol. The Labute approximate surface area is 95.0 Å². The molecule has 0 heterocycles. The summed E-state index contributed by atoms with van der Waals surface area (Å²) < 4.78 is 1.19. The minimum atomic E-state index is 0.492. The number of benzene rings is 1. The quantitative estimate of drug-likeness (QED) is 0.863. The van der Waals surface area contributed by atoms with Crippen LogP contribution in [0.15, 0.2) is 22.7 Å². The van der Waals surface area contributed by atoms with Crippen LogP contribution in [-0.4, -0.2) is 7.05 Å². The molecule has 0 fully saturated rings. The first-order chi connectivity index (χ1) is 6.69. The lowest BCUT2D eigenvalue weighted by Gasteiger charge is -2.16. The molecule has 1 atom stereocenters. The highest BCUT2D eigenvalue weighted by molar-refractivity contribution is 9.10. The van der Waals surface area contributed by atoms with Gasteiger partial charge in [-0.1, -0.05) is 41.4 Å². The van der Waals surface area contributed by atoms with Crippen molar-refractivity contribution in [2.75, 3.05) is 7.05 Å². The van der Waals surface area contributed by atoms with Gasteiger partial charge in [0, 0.05) is 10.5 Å². The van der Waals surface area contributed by atoms with E-state index in [9.17, 15) is 0 Å². The minimum absolute atomic E-state index is 0.492. The molecule has 0 saturated carbocycles. The van der Waals surface area contributed by atoms with Crippen molar-refractivity contribution in [1.29, 1.82) is 0 Å². The van der Waals surface area contributed by atoms with E-state index in [-0.39, 0.29) is 0 Å². The summed E-state index contributed by atoms with van der Waals surface area (Å²) in [6.45, 7) is 4.35. The molecule has 1 rings (SSSR count). The van der Waals surface area contributed by atoms with Gasteiger partial charge in [-0.05, 0) is 37.6 Å². The molecule has 0 radical (unpaired) electrons. The molecule has 0 aliphatic rings. The lowest BCUT2D eigenvalue weighted by Crippen LogP contribution is -2.16. The summed E-state index contributed by atoms with van der Waals surface area (Å²) in [6.07, 6.45) is 2.40. The van der Waals surface area contributed by atoms with Gasteiger partial charge in [0.05, 0.1) is 0 Å². The Morgan fingerprint density at radius 2 is 2.14 bits per heavy atom. The molecule has 2 heteroatoms. The molecule has 0 aromatic heterocycles. The maximum Gasteiger partial charge on any atom is 0.0317 e. The Bertz CT molecular complexity index is 296. The lowest BCUT2D eigenvalue weighted by atomic mass is 10.0. The first kappa shape index (κ1) is 11.7. The first-order valence-electron chi connectivity index (χ1n) is 5.12. The summed E-state index contributed by atoms with van der Waals surface area (Å²) in [4.78, 5) is 0. The first-order valence-corrected chi connectivity index (χ1v) is 5.91. The molecule has 0 amide bonds. The van der Waals surface area contributed by atoms with Crippen molar-refractivity contribution in [2.45, 2.75) is 32.7 Å². The number of hydrogen-bond donors (Lipinski definition) is 1. The molecule has 0 bridgehead atoms. The van der Waals surface area contributed by atoms with Crippen LogP contribution >= 0.6 is 15.9 Å². The third-order valence-corrected chi connectivity index (χ3v) is 3.40. The van der Waals surface area contributed by atoms with Crippen molar-refractivity contribution in [3.05, 3.63) is 33.8 Å². The predicted molar refractivity (Wildman–Crippen MR) is 65.6 cm³/mol. The van der Waals surface area contributed by atoms with Crippen LogP contribution < -0.4 is 5.32 Å². The summed E-state index contributed by atoms with van der Waals surface area (Å²) in [5.74, 6) is 0. The Hall–Kier alpha value is -0.340. The molecular weight excluding hydrogens is 238 g/mol. The normalized spacial score (nSPS) is 12.9. The topological polar surface area (TPSA) is 12.0 Å². The number of nitrogens with one attached hydrogen (secondary N) is 1. The van der Waals surface area contributed by atoms with Crippen molar-refractivity contribution < 1.29 is 0 Å². The van der Waals surface area contributed by atoms with Crippen LogP contribution in [0.3, 0.4) is 0 Å². The van der Waals surface area contributed by atoms with E-state index in [2.05, 4.69) is 53.3 Å². The highest BCUT2D eigenvalue weighted by Crippen LogP contribution is 2.23. The second kappa shape index (κ2) is 5.52. The average Bonchev–Trinajstić information content (AvgIpc) is 2.19. The Morgan fingerprint density at radius 3 is 2.64 bits per heavy atom. The second-order valence-corrected chi connectivity index (χ2v) is 4.49. The molecular formula is C12H18BrN. The van der Waals surface area contributed by atoms with Gasteiger partial charge in [0.15, 0.2) is 0 Å². The van der Waals surface area contributed by atoms with E-state index < -0.39 is 0 Å². The molecule has 0 spiro atoms. The SMILES string of the molecule is CCCC(NC)c1ccc(Br)c(C)c1. The summed E-state index contributed by atoms with van der Waals surface area (Å²) in [6, 6.07) is 7.06. The second-order valence-electron chi connectivity index (χ2n) is 3.64. The average molecular weight is 256 g/mol. The van der Waals surface area contributed by atoms with Gasteiger partial charge in [-0.25, -0.2) is 0 Å². The fourth-order valence-electron chi connectivity index (χ4n) is 1.65. The van der Waals surface area contributed by atoms with E-state index in [1.54, 1.807) is 0 Å². The van der Waals surface area contributed by atoms with Crippen molar-refractivity contribution in [3.63, 3.8) is 0 Å². The van der Waals surface area contributed by atoms with Crippen LogP contribution in [-0.2, 0) is 0 Å². The third-order valence-electron chi connectivity index (χ3n) is 2.51. The van der Waals surface area contributed by atoms with Crippen LogP contribution in [0.25, 0.3) is 0 Å². The molecule has 0 saturated heterocycles.